The molecule has 1 saturated heterocycles. The van der Waals surface area contributed by atoms with Gasteiger partial charge in [0, 0.05) is 55.5 Å². The quantitative estimate of drug-likeness (QED) is 0.161. The molecule has 0 atom stereocenters. The Morgan fingerprint density at radius 3 is 2.30 bits per heavy atom. The summed E-state index contributed by atoms with van der Waals surface area (Å²) in [5, 5.41) is 9.52. The Morgan fingerprint density at radius 2 is 1.70 bits per heavy atom. The molecule has 2 aromatic carbocycles. The average Bonchev–Trinajstić information content (AvgIpc) is 2.97. The molecule has 0 unspecified atom stereocenters. The fourth-order valence-corrected chi connectivity index (χ4v) is 4.23. The number of amides is 1. The predicted octanol–water partition coefficient (Wildman–Crippen LogP) is 6.02. The first-order valence-electron chi connectivity index (χ1n) is 13.6. The van der Waals surface area contributed by atoms with Gasteiger partial charge in [-0.3, -0.25) is 9.69 Å². The first kappa shape index (κ1) is 30.4. The van der Waals surface area contributed by atoms with Crippen LogP contribution in [0.5, 0.6) is 0 Å². The number of methoxy groups -OCH3 is 1. The fourth-order valence-electron chi connectivity index (χ4n) is 4.23. The van der Waals surface area contributed by atoms with E-state index in [0.29, 0.717) is 18.0 Å². The number of carbonyl (C=O) groups excluding carboxylic acids is 1. The van der Waals surface area contributed by atoms with Crippen LogP contribution in [0, 0.1) is 0 Å². The zero-order valence-corrected chi connectivity index (χ0v) is 24.0. The Balaban J connectivity index is 1.69. The lowest BCUT2D eigenvalue weighted by molar-refractivity contribution is -0.111. The molecule has 1 heterocycles. The number of hydrogen-bond acceptors (Lipinski definition) is 7. The standard InChI is InChI=1S/C31H41FN6O2/c1-6-23(3)31(36-25-11-13-28(14-12-25)38-19-17-37(16-15-32)18-20-38)33-22-29(40-5)24(4)34-26-9-8-10-27(21-26)35-30(39)7-2/h7-14,21-22,34,36H,2,6,15-20H2,1,3-5H3,(H,35,39)/b29-24-,31-23-,33-22-. The van der Waals surface area contributed by atoms with Crippen LogP contribution >= 0.6 is 0 Å². The summed E-state index contributed by atoms with van der Waals surface area (Å²) in [6, 6.07) is 15.7. The summed E-state index contributed by atoms with van der Waals surface area (Å²) in [6.45, 7) is 13.3. The van der Waals surface area contributed by atoms with E-state index in [-0.39, 0.29) is 12.6 Å². The van der Waals surface area contributed by atoms with Crippen molar-refractivity contribution in [3.05, 3.63) is 84.0 Å². The van der Waals surface area contributed by atoms with Gasteiger partial charge in [0.05, 0.1) is 19.0 Å². The number of benzene rings is 2. The predicted molar refractivity (Wildman–Crippen MR) is 165 cm³/mol. The second-order valence-electron chi connectivity index (χ2n) is 9.52. The second kappa shape index (κ2) is 15.5. The Hall–Kier alpha value is -4.11. The van der Waals surface area contributed by atoms with Crippen molar-refractivity contribution in [3.8, 4) is 0 Å². The van der Waals surface area contributed by atoms with E-state index >= 15 is 0 Å². The second-order valence-corrected chi connectivity index (χ2v) is 9.52. The number of nitrogens with one attached hydrogen (secondary N) is 3. The monoisotopic (exact) mass is 548 g/mol. The van der Waals surface area contributed by atoms with Crippen LogP contribution in [-0.2, 0) is 9.53 Å². The van der Waals surface area contributed by atoms with Gasteiger partial charge in [-0.15, -0.1) is 0 Å². The molecular formula is C31H41FN6O2. The SMILES string of the molecule is C=CC(=O)Nc1cccc(N/C(C)=C(/C=N\C(Nc2ccc(N3CCN(CCF)CC3)cc2)=C(/C)CC)OC)c1. The van der Waals surface area contributed by atoms with Crippen molar-refractivity contribution < 1.29 is 13.9 Å². The number of piperazine rings is 1. The molecule has 0 radical (unpaired) electrons. The number of nitrogens with zero attached hydrogens (tertiary/aromatic N) is 3. The van der Waals surface area contributed by atoms with Gasteiger partial charge in [0.15, 0.2) is 5.76 Å². The molecule has 0 saturated carbocycles. The molecule has 2 aromatic rings. The maximum absolute atomic E-state index is 12.6. The van der Waals surface area contributed by atoms with Crippen LogP contribution in [0.4, 0.5) is 27.1 Å². The molecule has 0 spiro atoms. The van der Waals surface area contributed by atoms with Crippen molar-refractivity contribution in [2.75, 3.05) is 67.4 Å². The van der Waals surface area contributed by atoms with Gasteiger partial charge in [-0.05, 0) is 74.4 Å². The number of hydrogen-bond donors (Lipinski definition) is 3. The van der Waals surface area contributed by atoms with Gasteiger partial charge in [0.25, 0.3) is 0 Å². The summed E-state index contributed by atoms with van der Waals surface area (Å²) in [4.78, 5) is 20.9. The maximum Gasteiger partial charge on any atom is 0.247 e. The lowest BCUT2D eigenvalue weighted by Gasteiger charge is -2.35. The third kappa shape index (κ3) is 8.98. The molecule has 1 aliphatic heterocycles. The molecule has 8 nitrogen and oxygen atoms in total. The minimum absolute atomic E-state index is 0.269. The van der Waals surface area contributed by atoms with E-state index in [1.165, 1.54) is 6.08 Å². The smallest absolute Gasteiger partial charge is 0.247 e. The van der Waals surface area contributed by atoms with E-state index in [1.807, 2.05) is 31.2 Å². The van der Waals surface area contributed by atoms with E-state index < -0.39 is 0 Å². The Bertz CT molecular complexity index is 1230. The number of allylic oxidation sites excluding steroid dienone is 3. The normalized spacial score (nSPS) is 15.3. The first-order chi connectivity index (χ1) is 19.4. The number of aliphatic imine (C=N–C) groups is 1. The van der Waals surface area contributed by atoms with Gasteiger partial charge >= 0.3 is 0 Å². The summed E-state index contributed by atoms with van der Waals surface area (Å²) < 4.78 is 18.3. The van der Waals surface area contributed by atoms with E-state index in [2.05, 4.69) is 70.4 Å². The molecule has 0 aliphatic carbocycles. The highest BCUT2D eigenvalue weighted by molar-refractivity contribution is 5.99. The van der Waals surface area contributed by atoms with Gasteiger partial charge in [-0.25, -0.2) is 9.38 Å². The summed E-state index contributed by atoms with van der Waals surface area (Å²) in [5.41, 5.74) is 5.43. The number of rotatable bonds is 13. The minimum atomic E-state index is -0.293. The summed E-state index contributed by atoms with van der Waals surface area (Å²) >= 11 is 0. The third-order valence-electron chi connectivity index (χ3n) is 6.75. The van der Waals surface area contributed by atoms with Gasteiger partial charge in [-0.1, -0.05) is 19.6 Å². The first-order valence-corrected chi connectivity index (χ1v) is 13.6. The molecule has 0 bridgehead atoms. The molecule has 1 fully saturated rings. The van der Waals surface area contributed by atoms with Crippen molar-refractivity contribution in [1.29, 1.82) is 0 Å². The Labute approximate surface area is 237 Å². The number of carbonyl (C=O) groups is 1. The van der Waals surface area contributed by atoms with Crippen molar-refractivity contribution in [3.63, 3.8) is 0 Å². The van der Waals surface area contributed by atoms with Gasteiger partial charge in [0.2, 0.25) is 5.91 Å². The number of halogens is 1. The van der Waals surface area contributed by atoms with E-state index in [4.69, 9.17) is 9.73 Å². The molecule has 3 N–H and O–H groups in total. The molecule has 9 heteroatoms. The maximum atomic E-state index is 12.6. The lowest BCUT2D eigenvalue weighted by Crippen LogP contribution is -2.47. The van der Waals surface area contributed by atoms with Crippen molar-refractivity contribution in [2.24, 2.45) is 4.99 Å². The Morgan fingerprint density at radius 1 is 1.02 bits per heavy atom. The highest BCUT2D eigenvalue weighted by atomic mass is 19.1. The largest absolute Gasteiger partial charge is 0.493 e. The van der Waals surface area contributed by atoms with Crippen LogP contribution in [0.25, 0.3) is 0 Å². The number of anilines is 4. The van der Waals surface area contributed by atoms with Gasteiger partial charge < -0.3 is 25.6 Å². The molecular weight excluding hydrogens is 507 g/mol. The summed E-state index contributed by atoms with van der Waals surface area (Å²) in [7, 11) is 1.60. The van der Waals surface area contributed by atoms with E-state index in [0.717, 1.165) is 66.8 Å². The molecule has 1 amide bonds. The average molecular weight is 549 g/mol. The molecule has 1 aliphatic rings. The van der Waals surface area contributed by atoms with Crippen molar-refractivity contribution in [2.45, 2.75) is 27.2 Å². The molecule has 0 aromatic heterocycles. The van der Waals surface area contributed by atoms with Crippen molar-refractivity contribution in [1.82, 2.24) is 4.90 Å². The number of alkyl halides is 1. The minimum Gasteiger partial charge on any atom is -0.493 e. The molecule has 214 valence electrons. The van der Waals surface area contributed by atoms with Crippen LogP contribution in [-0.4, -0.2) is 63.5 Å². The lowest BCUT2D eigenvalue weighted by atomic mass is 10.2. The zero-order chi connectivity index (χ0) is 28.9. The van der Waals surface area contributed by atoms with E-state index in [9.17, 15) is 9.18 Å². The topological polar surface area (TPSA) is 81.2 Å². The highest BCUT2D eigenvalue weighted by Gasteiger charge is 2.16. The Kier molecular flexibility index (Phi) is 11.8. The highest BCUT2D eigenvalue weighted by Crippen LogP contribution is 2.23. The van der Waals surface area contributed by atoms with Crippen LogP contribution < -0.4 is 20.9 Å². The van der Waals surface area contributed by atoms with Crippen LogP contribution in [0.15, 0.2) is 89.0 Å². The number of ether oxygens (including phenoxy) is 1. The molecule has 3 rings (SSSR count). The zero-order valence-electron chi connectivity index (χ0n) is 24.0. The van der Waals surface area contributed by atoms with Gasteiger partial charge in [0.1, 0.15) is 12.5 Å². The fraction of sp³-hybridized carbons (Fsp3) is 0.355. The van der Waals surface area contributed by atoms with E-state index in [1.54, 1.807) is 13.3 Å². The van der Waals surface area contributed by atoms with Crippen LogP contribution in [0.3, 0.4) is 0 Å². The van der Waals surface area contributed by atoms with Crippen molar-refractivity contribution >= 4 is 34.9 Å². The van der Waals surface area contributed by atoms with Crippen LogP contribution in [0.2, 0.25) is 0 Å². The third-order valence-corrected chi connectivity index (χ3v) is 6.75. The summed E-state index contributed by atoms with van der Waals surface area (Å²) in [5.74, 6) is 1.06. The summed E-state index contributed by atoms with van der Waals surface area (Å²) in [6.07, 6.45) is 3.77. The van der Waals surface area contributed by atoms with Crippen LogP contribution in [0.1, 0.15) is 27.2 Å². The van der Waals surface area contributed by atoms with Gasteiger partial charge in [-0.2, -0.15) is 0 Å². The molecule has 40 heavy (non-hydrogen) atoms.